The smallest absolute Gasteiger partial charge is 0.261 e. The van der Waals surface area contributed by atoms with E-state index in [4.69, 9.17) is 0 Å². The van der Waals surface area contributed by atoms with Gasteiger partial charge in [-0.1, -0.05) is 30.3 Å². The topological polar surface area (TPSA) is 53.9 Å². The van der Waals surface area contributed by atoms with Crippen molar-refractivity contribution in [3.63, 3.8) is 0 Å². The van der Waals surface area contributed by atoms with E-state index in [1.807, 2.05) is 29.9 Å². The summed E-state index contributed by atoms with van der Waals surface area (Å²) in [6, 6.07) is 12.3. The van der Waals surface area contributed by atoms with Crippen molar-refractivity contribution >= 4 is 17.0 Å². The summed E-state index contributed by atoms with van der Waals surface area (Å²) in [7, 11) is 1.91. The van der Waals surface area contributed by atoms with Crippen LogP contribution in [0.5, 0.6) is 0 Å². The highest BCUT2D eigenvalue weighted by atomic mass is 16.1. The normalized spacial score (nSPS) is 18.2. The van der Waals surface area contributed by atoms with Gasteiger partial charge in [-0.3, -0.25) is 9.78 Å². The quantitative estimate of drug-likeness (QED) is 0.789. The second-order valence-electron chi connectivity index (χ2n) is 5.90. The first kappa shape index (κ1) is 13.1. The summed E-state index contributed by atoms with van der Waals surface area (Å²) in [5.41, 5.74) is 2.03. The number of aromatic nitrogens is 3. The van der Waals surface area contributed by atoms with E-state index < -0.39 is 0 Å². The molecule has 0 amide bonds. The maximum absolute atomic E-state index is 12.2. The Morgan fingerprint density at radius 1 is 1.23 bits per heavy atom. The number of rotatable bonds is 2. The average Bonchev–Trinajstić information content (AvgIpc) is 3.16. The molecule has 22 heavy (non-hydrogen) atoms. The van der Waals surface area contributed by atoms with E-state index in [1.54, 1.807) is 0 Å². The first-order valence-electron chi connectivity index (χ1n) is 7.57. The van der Waals surface area contributed by atoms with Crippen LogP contribution >= 0.6 is 0 Å². The van der Waals surface area contributed by atoms with Gasteiger partial charge in [0.15, 0.2) is 0 Å². The Morgan fingerprint density at radius 2 is 2.05 bits per heavy atom. The van der Waals surface area contributed by atoms with Crippen molar-refractivity contribution in [1.82, 2.24) is 14.5 Å². The van der Waals surface area contributed by atoms with Crippen LogP contribution in [0.1, 0.15) is 17.9 Å². The van der Waals surface area contributed by atoms with Crippen molar-refractivity contribution < 1.29 is 0 Å². The molecule has 1 N–H and O–H groups in total. The second kappa shape index (κ2) is 5.02. The Kier molecular flexibility index (Phi) is 2.99. The van der Waals surface area contributed by atoms with Crippen LogP contribution in [0.15, 0.2) is 47.4 Å². The fraction of sp³-hybridized carbons (Fsp3) is 0.294. The minimum absolute atomic E-state index is 0.0660. The number of H-pyrrole nitrogens is 1. The molecule has 2 aromatic heterocycles. The number of aromatic amines is 1. The lowest BCUT2D eigenvalue weighted by Crippen LogP contribution is -2.25. The molecule has 0 radical (unpaired) electrons. The molecule has 1 aliphatic heterocycles. The number of anilines is 1. The van der Waals surface area contributed by atoms with E-state index in [2.05, 4.69) is 39.1 Å². The Balaban J connectivity index is 1.66. The molecule has 1 unspecified atom stereocenters. The van der Waals surface area contributed by atoms with Crippen LogP contribution in [0.2, 0.25) is 0 Å². The molecule has 1 saturated heterocycles. The summed E-state index contributed by atoms with van der Waals surface area (Å²) in [5, 5.41) is 0.644. The zero-order valence-electron chi connectivity index (χ0n) is 12.5. The van der Waals surface area contributed by atoms with Gasteiger partial charge in [0.25, 0.3) is 5.56 Å². The highest BCUT2D eigenvalue weighted by molar-refractivity contribution is 5.76. The third kappa shape index (κ3) is 2.09. The van der Waals surface area contributed by atoms with E-state index in [0.29, 0.717) is 17.3 Å². The molecule has 5 heteroatoms. The van der Waals surface area contributed by atoms with Gasteiger partial charge in [-0.05, 0) is 18.1 Å². The van der Waals surface area contributed by atoms with Crippen molar-refractivity contribution in [1.29, 1.82) is 0 Å². The first-order chi connectivity index (χ1) is 10.7. The van der Waals surface area contributed by atoms with E-state index in [1.165, 1.54) is 5.56 Å². The number of benzene rings is 1. The second-order valence-corrected chi connectivity index (χ2v) is 5.90. The molecular formula is C17H18N4O. The van der Waals surface area contributed by atoms with E-state index in [0.717, 1.165) is 25.2 Å². The SMILES string of the molecule is Cn1ccc2c(=O)[nH]c(N3CCC(c4ccccc4)C3)nc21. The number of fused-ring (bicyclic) bond motifs is 1. The number of hydrogen-bond acceptors (Lipinski definition) is 3. The van der Waals surface area contributed by atoms with Gasteiger partial charge in [0.2, 0.25) is 5.95 Å². The maximum Gasteiger partial charge on any atom is 0.261 e. The number of nitrogens with zero attached hydrogens (tertiary/aromatic N) is 3. The minimum atomic E-state index is -0.0660. The van der Waals surface area contributed by atoms with Crippen LogP contribution < -0.4 is 10.5 Å². The van der Waals surface area contributed by atoms with Crippen molar-refractivity contribution in [3.05, 3.63) is 58.5 Å². The Labute approximate surface area is 128 Å². The van der Waals surface area contributed by atoms with Gasteiger partial charge < -0.3 is 9.47 Å². The molecule has 5 nitrogen and oxygen atoms in total. The molecule has 1 atom stereocenters. The first-order valence-corrected chi connectivity index (χ1v) is 7.57. The zero-order chi connectivity index (χ0) is 15.1. The maximum atomic E-state index is 12.2. The Bertz CT molecular complexity index is 865. The van der Waals surface area contributed by atoms with Crippen LogP contribution in [0.4, 0.5) is 5.95 Å². The van der Waals surface area contributed by atoms with E-state index >= 15 is 0 Å². The van der Waals surface area contributed by atoms with Crippen LogP contribution in [0, 0.1) is 0 Å². The molecule has 1 fully saturated rings. The molecule has 0 bridgehead atoms. The van der Waals surface area contributed by atoms with Crippen LogP contribution in [-0.2, 0) is 7.05 Å². The summed E-state index contributed by atoms with van der Waals surface area (Å²) in [5.74, 6) is 1.17. The summed E-state index contributed by atoms with van der Waals surface area (Å²) in [6.45, 7) is 1.81. The van der Waals surface area contributed by atoms with Gasteiger partial charge in [0.1, 0.15) is 5.65 Å². The molecule has 4 rings (SSSR count). The largest absolute Gasteiger partial charge is 0.342 e. The molecular weight excluding hydrogens is 276 g/mol. The molecule has 112 valence electrons. The molecule has 3 heterocycles. The van der Waals surface area contributed by atoms with E-state index in [-0.39, 0.29) is 5.56 Å². The molecule has 0 saturated carbocycles. The van der Waals surface area contributed by atoms with Crippen molar-refractivity contribution in [2.24, 2.45) is 7.05 Å². The number of hydrogen-bond donors (Lipinski definition) is 1. The van der Waals surface area contributed by atoms with Crippen molar-refractivity contribution in [2.45, 2.75) is 12.3 Å². The fourth-order valence-corrected chi connectivity index (χ4v) is 3.23. The van der Waals surface area contributed by atoms with Gasteiger partial charge in [-0.15, -0.1) is 0 Å². The van der Waals surface area contributed by atoms with Gasteiger partial charge >= 0.3 is 0 Å². The minimum Gasteiger partial charge on any atom is -0.342 e. The average molecular weight is 294 g/mol. The standard InChI is InChI=1S/C17H18N4O/c1-20-9-8-14-15(20)18-17(19-16(14)22)21-10-7-13(11-21)12-5-3-2-4-6-12/h2-6,8-9,13H,7,10-11H2,1H3,(H,18,19,22). The monoisotopic (exact) mass is 294 g/mol. The van der Waals surface area contributed by atoms with Gasteiger partial charge in [0, 0.05) is 32.3 Å². The van der Waals surface area contributed by atoms with Gasteiger partial charge in [0.05, 0.1) is 5.39 Å². The summed E-state index contributed by atoms with van der Waals surface area (Å²) >= 11 is 0. The van der Waals surface area contributed by atoms with E-state index in [9.17, 15) is 4.79 Å². The summed E-state index contributed by atoms with van der Waals surface area (Å²) in [6.07, 6.45) is 2.95. The highest BCUT2D eigenvalue weighted by Gasteiger charge is 2.25. The number of aryl methyl sites for hydroxylation is 1. The van der Waals surface area contributed by atoms with Crippen molar-refractivity contribution in [3.8, 4) is 0 Å². The summed E-state index contributed by atoms with van der Waals surface area (Å²) < 4.78 is 1.89. The lowest BCUT2D eigenvalue weighted by Gasteiger charge is -2.17. The third-order valence-electron chi connectivity index (χ3n) is 4.48. The molecule has 1 aromatic carbocycles. The third-order valence-corrected chi connectivity index (χ3v) is 4.48. The fourth-order valence-electron chi connectivity index (χ4n) is 3.23. The highest BCUT2D eigenvalue weighted by Crippen LogP contribution is 2.29. The lowest BCUT2D eigenvalue weighted by molar-refractivity contribution is 0.772. The van der Waals surface area contributed by atoms with Gasteiger partial charge in [-0.25, -0.2) is 0 Å². The Morgan fingerprint density at radius 3 is 2.86 bits per heavy atom. The Hall–Kier alpha value is -2.56. The van der Waals surface area contributed by atoms with Crippen LogP contribution in [0.25, 0.3) is 11.0 Å². The molecule has 0 aliphatic carbocycles. The van der Waals surface area contributed by atoms with Crippen LogP contribution in [-0.4, -0.2) is 27.6 Å². The predicted octanol–water partition coefficient (Wildman–Crippen LogP) is 2.26. The van der Waals surface area contributed by atoms with Crippen LogP contribution in [0.3, 0.4) is 0 Å². The molecule has 1 aliphatic rings. The van der Waals surface area contributed by atoms with Gasteiger partial charge in [-0.2, -0.15) is 4.98 Å². The molecule has 3 aromatic rings. The summed E-state index contributed by atoms with van der Waals surface area (Å²) in [4.78, 5) is 21.9. The van der Waals surface area contributed by atoms with Crippen molar-refractivity contribution in [2.75, 3.05) is 18.0 Å². The predicted molar refractivity (Wildman–Crippen MR) is 87.3 cm³/mol. The lowest BCUT2D eigenvalue weighted by atomic mass is 9.99. The number of nitrogens with one attached hydrogen (secondary N) is 1. The zero-order valence-corrected chi connectivity index (χ0v) is 12.5. The molecule has 0 spiro atoms.